The molecule has 18 heavy (non-hydrogen) atoms. The average Bonchev–Trinajstić information content (AvgIpc) is 2.35. The first-order chi connectivity index (χ1) is 8.40. The van der Waals surface area contributed by atoms with Crippen LogP contribution in [0.2, 0.25) is 0 Å². The summed E-state index contributed by atoms with van der Waals surface area (Å²) in [5.41, 5.74) is 6.34. The first-order valence-corrected chi connectivity index (χ1v) is 7.25. The Balaban J connectivity index is 3.08. The Hall–Kier alpha value is -1.11. The normalized spacial score (nSPS) is 11.8. The van der Waals surface area contributed by atoms with E-state index in [1.165, 1.54) is 13.2 Å². The van der Waals surface area contributed by atoms with Gasteiger partial charge in [0.2, 0.25) is 10.0 Å². The largest absolute Gasteiger partial charge is 0.495 e. The highest BCUT2D eigenvalue weighted by molar-refractivity contribution is 7.89. The molecule has 1 rings (SSSR count). The second-order valence-corrected chi connectivity index (χ2v) is 6.17. The molecule has 0 aliphatic carbocycles. The maximum atomic E-state index is 12.1. The number of methoxy groups -OCH3 is 1. The lowest BCUT2D eigenvalue weighted by atomic mass is 10.2. The predicted molar refractivity (Wildman–Crippen MR) is 70.9 cm³/mol. The Labute approximate surface area is 108 Å². The number of benzene rings is 1. The topological polar surface area (TPSA) is 81.4 Å². The molecule has 0 radical (unpaired) electrons. The van der Waals surface area contributed by atoms with E-state index in [0.717, 1.165) is 5.56 Å². The monoisotopic (exact) mass is 272 g/mol. The van der Waals surface area contributed by atoms with Crippen molar-refractivity contribution in [1.29, 1.82) is 0 Å². The minimum Gasteiger partial charge on any atom is -0.495 e. The zero-order valence-corrected chi connectivity index (χ0v) is 11.8. The number of rotatable bonds is 6. The number of nitrogens with one attached hydrogen (secondary N) is 1. The molecule has 0 saturated heterocycles. The van der Waals surface area contributed by atoms with E-state index in [9.17, 15) is 8.42 Å². The van der Waals surface area contributed by atoms with Crippen molar-refractivity contribution in [1.82, 2.24) is 4.72 Å². The molecule has 0 aromatic heterocycles. The Bertz CT molecular complexity index is 498. The highest BCUT2D eigenvalue weighted by Crippen LogP contribution is 2.24. The van der Waals surface area contributed by atoms with Crippen molar-refractivity contribution >= 4 is 10.0 Å². The van der Waals surface area contributed by atoms with Gasteiger partial charge < -0.3 is 10.5 Å². The summed E-state index contributed by atoms with van der Waals surface area (Å²) in [6, 6.07) is 4.85. The molecule has 0 saturated carbocycles. The quantitative estimate of drug-likeness (QED) is 0.812. The minimum atomic E-state index is -3.54. The molecule has 6 heteroatoms. The third kappa shape index (κ3) is 3.69. The summed E-state index contributed by atoms with van der Waals surface area (Å²) in [6.07, 6.45) is 0. The van der Waals surface area contributed by atoms with Crippen LogP contribution in [0.15, 0.2) is 23.1 Å². The molecule has 102 valence electrons. The summed E-state index contributed by atoms with van der Waals surface area (Å²) in [6.45, 7) is 4.62. The number of sulfonamides is 1. The Morgan fingerprint density at radius 3 is 2.56 bits per heavy atom. The van der Waals surface area contributed by atoms with E-state index in [-0.39, 0.29) is 10.8 Å². The first-order valence-electron chi connectivity index (χ1n) is 5.77. The predicted octanol–water partition coefficient (Wildman–Crippen LogP) is 1.09. The molecular formula is C12H20N2O3S. The van der Waals surface area contributed by atoms with Crippen LogP contribution in [0.5, 0.6) is 5.75 Å². The Morgan fingerprint density at radius 1 is 1.39 bits per heavy atom. The SMILES string of the molecule is COc1cc(CN)ccc1S(=O)(=O)NCC(C)C. The molecule has 0 atom stereocenters. The number of hydrogen-bond acceptors (Lipinski definition) is 4. The summed E-state index contributed by atoms with van der Waals surface area (Å²) < 4.78 is 31.8. The molecular weight excluding hydrogens is 252 g/mol. The van der Waals surface area contributed by atoms with Gasteiger partial charge in [-0.1, -0.05) is 19.9 Å². The van der Waals surface area contributed by atoms with Crippen LogP contribution < -0.4 is 15.2 Å². The van der Waals surface area contributed by atoms with E-state index < -0.39 is 10.0 Å². The van der Waals surface area contributed by atoms with Crippen LogP contribution in [0, 0.1) is 5.92 Å². The smallest absolute Gasteiger partial charge is 0.244 e. The van der Waals surface area contributed by atoms with Gasteiger partial charge in [0.15, 0.2) is 0 Å². The van der Waals surface area contributed by atoms with Crippen LogP contribution in [0.1, 0.15) is 19.4 Å². The van der Waals surface area contributed by atoms with E-state index in [1.54, 1.807) is 12.1 Å². The van der Waals surface area contributed by atoms with E-state index in [4.69, 9.17) is 10.5 Å². The van der Waals surface area contributed by atoms with Crippen molar-refractivity contribution in [2.45, 2.75) is 25.3 Å². The van der Waals surface area contributed by atoms with Gasteiger partial charge in [0.05, 0.1) is 7.11 Å². The van der Waals surface area contributed by atoms with Gasteiger partial charge in [-0.25, -0.2) is 13.1 Å². The molecule has 0 bridgehead atoms. The van der Waals surface area contributed by atoms with Gasteiger partial charge >= 0.3 is 0 Å². The van der Waals surface area contributed by atoms with E-state index in [0.29, 0.717) is 18.8 Å². The lowest BCUT2D eigenvalue weighted by molar-refractivity contribution is 0.401. The summed E-state index contributed by atoms with van der Waals surface area (Å²) in [5, 5.41) is 0. The van der Waals surface area contributed by atoms with Crippen LogP contribution >= 0.6 is 0 Å². The zero-order chi connectivity index (χ0) is 13.8. The fourth-order valence-electron chi connectivity index (χ4n) is 1.42. The van der Waals surface area contributed by atoms with Gasteiger partial charge in [0.25, 0.3) is 0 Å². The molecule has 5 nitrogen and oxygen atoms in total. The van der Waals surface area contributed by atoms with Gasteiger partial charge in [0.1, 0.15) is 10.6 Å². The maximum Gasteiger partial charge on any atom is 0.244 e. The standard InChI is InChI=1S/C12H20N2O3S/c1-9(2)8-14-18(15,16)12-5-4-10(7-13)6-11(12)17-3/h4-6,9,14H,7-8,13H2,1-3H3. The van der Waals surface area contributed by atoms with Crippen molar-refractivity contribution in [2.24, 2.45) is 11.7 Å². The number of nitrogens with two attached hydrogens (primary N) is 1. The lowest BCUT2D eigenvalue weighted by Crippen LogP contribution is -2.28. The average molecular weight is 272 g/mol. The van der Waals surface area contributed by atoms with Crippen molar-refractivity contribution in [2.75, 3.05) is 13.7 Å². The van der Waals surface area contributed by atoms with Crippen LogP contribution in [0.3, 0.4) is 0 Å². The zero-order valence-electron chi connectivity index (χ0n) is 10.9. The fraction of sp³-hybridized carbons (Fsp3) is 0.500. The summed E-state index contributed by atoms with van der Waals surface area (Å²) >= 11 is 0. The van der Waals surface area contributed by atoms with Crippen LogP contribution in [0.25, 0.3) is 0 Å². The minimum absolute atomic E-state index is 0.142. The molecule has 0 amide bonds. The Morgan fingerprint density at radius 2 is 2.06 bits per heavy atom. The summed E-state index contributed by atoms with van der Waals surface area (Å²) in [4.78, 5) is 0.142. The molecule has 0 fully saturated rings. The van der Waals surface area contributed by atoms with Gasteiger partial charge in [-0.05, 0) is 23.6 Å². The summed E-state index contributed by atoms with van der Waals surface area (Å²) in [5.74, 6) is 0.559. The second kappa shape index (κ2) is 6.17. The molecule has 0 heterocycles. The summed E-state index contributed by atoms with van der Waals surface area (Å²) in [7, 11) is -2.10. The molecule has 1 aromatic rings. The molecule has 0 spiro atoms. The van der Waals surface area contributed by atoms with E-state index in [2.05, 4.69) is 4.72 Å². The van der Waals surface area contributed by atoms with Crippen molar-refractivity contribution in [3.05, 3.63) is 23.8 Å². The van der Waals surface area contributed by atoms with Gasteiger partial charge in [-0.15, -0.1) is 0 Å². The molecule has 0 aliphatic rings. The van der Waals surface area contributed by atoms with Crippen molar-refractivity contribution < 1.29 is 13.2 Å². The fourth-order valence-corrected chi connectivity index (χ4v) is 2.78. The number of hydrogen-bond donors (Lipinski definition) is 2. The highest BCUT2D eigenvalue weighted by Gasteiger charge is 2.19. The maximum absolute atomic E-state index is 12.1. The van der Waals surface area contributed by atoms with E-state index >= 15 is 0 Å². The third-order valence-electron chi connectivity index (χ3n) is 2.43. The van der Waals surface area contributed by atoms with Gasteiger partial charge in [-0.2, -0.15) is 0 Å². The third-order valence-corrected chi connectivity index (χ3v) is 3.90. The Kier molecular flexibility index (Phi) is 5.13. The van der Waals surface area contributed by atoms with E-state index in [1.807, 2.05) is 13.8 Å². The molecule has 0 unspecified atom stereocenters. The van der Waals surface area contributed by atoms with Crippen LogP contribution in [-0.2, 0) is 16.6 Å². The van der Waals surface area contributed by atoms with Crippen LogP contribution in [0.4, 0.5) is 0 Å². The number of ether oxygens (including phenoxy) is 1. The highest BCUT2D eigenvalue weighted by atomic mass is 32.2. The van der Waals surface area contributed by atoms with Gasteiger partial charge in [0, 0.05) is 13.1 Å². The molecule has 1 aromatic carbocycles. The first kappa shape index (κ1) is 14.9. The second-order valence-electron chi connectivity index (χ2n) is 4.44. The molecule has 3 N–H and O–H groups in total. The van der Waals surface area contributed by atoms with Crippen molar-refractivity contribution in [3.8, 4) is 5.75 Å². The lowest BCUT2D eigenvalue weighted by Gasteiger charge is -2.12. The van der Waals surface area contributed by atoms with Crippen molar-refractivity contribution in [3.63, 3.8) is 0 Å². The van der Waals surface area contributed by atoms with Crippen LogP contribution in [-0.4, -0.2) is 22.1 Å². The molecule has 0 aliphatic heterocycles. The van der Waals surface area contributed by atoms with Gasteiger partial charge in [-0.3, -0.25) is 0 Å².